The molecule has 1 aliphatic carbocycles. The molecule has 170 valence electrons. The van der Waals surface area contributed by atoms with Crippen LogP contribution in [-0.4, -0.2) is 48.6 Å². The number of sulfonamides is 1. The molecule has 1 saturated heterocycles. The number of carbonyl (C=O) groups excluding carboxylic acids is 1. The van der Waals surface area contributed by atoms with Crippen LogP contribution in [0.4, 0.5) is 15.2 Å². The molecule has 3 heterocycles. The molecule has 0 saturated carbocycles. The average Bonchev–Trinajstić information content (AvgIpc) is 3.49. The van der Waals surface area contributed by atoms with Crippen molar-refractivity contribution >= 4 is 38.1 Å². The molecule has 10 heteroatoms. The third-order valence-corrected chi connectivity index (χ3v) is 9.23. The molecule has 7 nitrogen and oxygen atoms in total. The minimum atomic E-state index is -3.53. The fourth-order valence-corrected chi connectivity index (χ4v) is 7.08. The number of nitrogens with zero attached hydrogens (tertiary/aromatic N) is 3. The fraction of sp³-hybridized carbons (Fsp3) is 0.455. The van der Waals surface area contributed by atoms with Gasteiger partial charge >= 0.3 is 0 Å². The molecule has 1 unspecified atom stereocenters. The van der Waals surface area contributed by atoms with Crippen molar-refractivity contribution in [1.29, 1.82) is 0 Å². The van der Waals surface area contributed by atoms with Gasteiger partial charge in [-0.25, -0.2) is 17.8 Å². The minimum absolute atomic E-state index is 0.0206. The van der Waals surface area contributed by atoms with Crippen LogP contribution < -0.4 is 9.62 Å². The lowest BCUT2D eigenvalue weighted by Gasteiger charge is -2.29. The van der Waals surface area contributed by atoms with E-state index in [4.69, 9.17) is 0 Å². The zero-order valence-corrected chi connectivity index (χ0v) is 19.4. The summed E-state index contributed by atoms with van der Waals surface area (Å²) in [4.78, 5) is 21.1. The molecular formula is C22H25FN4O3S2. The Hall–Kier alpha value is -2.46. The Bertz CT molecular complexity index is 1180. The van der Waals surface area contributed by atoms with E-state index in [2.05, 4.69) is 9.71 Å². The van der Waals surface area contributed by atoms with E-state index >= 15 is 0 Å². The lowest BCUT2D eigenvalue weighted by atomic mass is 10.0. The highest BCUT2D eigenvalue weighted by Gasteiger charge is 2.41. The average molecular weight is 477 g/mol. The molecule has 2 aromatic rings. The van der Waals surface area contributed by atoms with Crippen LogP contribution in [0.5, 0.6) is 0 Å². The summed E-state index contributed by atoms with van der Waals surface area (Å²) >= 11 is 1.25. The second-order valence-corrected chi connectivity index (χ2v) is 11.4. The number of nitrogens with one attached hydrogen (secondary N) is 1. The van der Waals surface area contributed by atoms with Gasteiger partial charge < -0.3 is 9.80 Å². The standard InChI is InChI=1S/C22H25FN4O3S2/c1-14-12-15-6-9-27(20(15)13-18(14)23)19-7-10-26(21(19)28)16-2-4-17(5-3-16)32(29,30)25-22-24-8-11-31-22/h2,8,11-13,17,19H,3-7,9-10H2,1H3,(H,24,25)/t17?,19-/m0/s1. The van der Waals surface area contributed by atoms with Gasteiger partial charge in [-0.2, -0.15) is 0 Å². The Balaban J connectivity index is 1.27. The van der Waals surface area contributed by atoms with E-state index < -0.39 is 15.3 Å². The third-order valence-electron chi connectivity index (χ3n) is 6.63. The van der Waals surface area contributed by atoms with Crippen molar-refractivity contribution in [2.24, 2.45) is 0 Å². The number of aromatic nitrogens is 1. The third kappa shape index (κ3) is 3.79. The van der Waals surface area contributed by atoms with Gasteiger partial charge in [0, 0.05) is 36.1 Å². The van der Waals surface area contributed by atoms with E-state index in [-0.39, 0.29) is 17.8 Å². The van der Waals surface area contributed by atoms with Gasteiger partial charge in [-0.15, -0.1) is 11.3 Å². The number of carbonyl (C=O) groups is 1. The molecule has 5 rings (SSSR count). The predicted molar refractivity (Wildman–Crippen MR) is 123 cm³/mol. The second-order valence-electron chi connectivity index (χ2n) is 8.54. The first-order valence-electron chi connectivity index (χ1n) is 10.8. The number of likely N-dealkylation sites (tertiary alicyclic amines) is 1. The second kappa shape index (κ2) is 8.15. The monoisotopic (exact) mass is 476 g/mol. The van der Waals surface area contributed by atoms with Gasteiger partial charge in [-0.1, -0.05) is 12.1 Å². The van der Waals surface area contributed by atoms with Gasteiger partial charge in [0.05, 0.1) is 5.25 Å². The molecule has 3 aliphatic rings. The smallest absolute Gasteiger partial charge is 0.249 e. The number of amides is 1. The van der Waals surface area contributed by atoms with Gasteiger partial charge in [0.1, 0.15) is 11.9 Å². The number of thiazole rings is 1. The van der Waals surface area contributed by atoms with Crippen LogP contribution in [0, 0.1) is 12.7 Å². The highest BCUT2D eigenvalue weighted by atomic mass is 32.2. The van der Waals surface area contributed by atoms with Gasteiger partial charge in [-0.3, -0.25) is 9.52 Å². The van der Waals surface area contributed by atoms with Crippen molar-refractivity contribution < 1.29 is 17.6 Å². The molecule has 1 aromatic heterocycles. The van der Waals surface area contributed by atoms with E-state index in [9.17, 15) is 17.6 Å². The Labute approximate surface area is 191 Å². The summed E-state index contributed by atoms with van der Waals surface area (Å²) in [6, 6.07) is 3.14. The van der Waals surface area contributed by atoms with Crippen molar-refractivity contribution in [3.8, 4) is 0 Å². The first-order valence-corrected chi connectivity index (χ1v) is 13.2. The van der Waals surface area contributed by atoms with Crippen LogP contribution in [0.2, 0.25) is 0 Å². The zero-order valence-electron chi connectivity index (χ0n) is 17.8. The normalized spacial score (nSPS) is 23.4. The first-order chi connectivity index (χ1) is 15.3. The maximum absolute atomic E-state index is 14.2. The maximum Gasteiger partial charge on any atom is 0.249 e. The number of hydrogen-bond acceptors (Lipinski definition) is 6. The van der Waals surface area contributed by atoms with Crippen LogP contribution in [0.25, 0.3) is 0 Å². The summed E-state index contributed by atoms with van der Waals surface area (Å²) in [6.07, 6.45) is 6.29. The summed E-state index contributed by atoms with van der Waals surface area (Å²) in [5, 5.41) is 1.55. The summed E-state index contributed by atoms with van der Waals surface area (Å²) in [5.41, 5.74) is 3.44. The fourth-order valence-electron chi connectivity index (χ4n) is 4.92. The first kappa shape index (κ1) is 21.4. The largest absolute Gasteiger partial charge is 0.359 e. The summed E-state index contributed by atoms with van der Waals surface area (Å²) < 4.78 is 42.0. The summed E-state index contributed by atoms with van der Waals surface area (Å²) in [7, 11) is -3.53. The number of hydrogen-bond donors (Lipinski definition) is 1. The molecule has 2 atom stereocenters. The lowest BCUT2D eigenvalue weighted by Crippen LogP contribution is -2.41. The predicted octanol–water partition coefficient (Wildman–Crippen LogP) is 3.43. The molecule has 1 fully saturated rings. The Morgan fingerprint density at radius 3 is 2.78 bits per heavy atom. The summed E-state index contributed by atoms with van der Waals surface area (Å²) in [6.45, 7) is 3.07. The minimum Gasteiger partial charge on any atom is -0.359 e. The number of fused-ring (bicyclic) bond motifs is 1. The number of halogens is 1. The van der Waals surface area contributed by atoms with E-state index in [0.29, 0.717) is 49.5 Å². The molecule has 0 bridgehead atoms. The number of anilines is 2. The topological polar surface area (TPSA) is 82.6 Å². The maximum atomic E-state index is 14.2. The SMILES string of the molecule is Cc1cc2c(cc1F)N([C@H]1CCN(C3=CCC(S(=O)(=O)Nc4nccs4)CC3)C1=O)CC2. The van der Waals surface area contributed by atoms with E-state index in [1.165, 1.54) is 11.3 Å². The van der Waals surface area contributed by atoms with Gasteiger partial charge in [0.15, 0.2) is 5.13 Å². The summed E-state index contributed by atoms with van der Waals surface area (Å²) in [5.74, 6) is -0.223. The van der Waals surface area contributed by atoms with Crippen molar-refractivity contribution in [3.05, 3.63) is 52.4 Å². The Morgan fingerprint density at radius 2 is 2.06 bits per heavy atom. The lowest BCUT2D eigenvalue weighted by molar-refractivity contribution is -0.127. The quantitative estimate of drug-likeness (QED) is 0.715. The van der Waals surface area contributed by atoms with E-state index in [0.717, 1.165) is 23.4 Å². The molecular weight excluding hydrogens is 451 g/mol. The highest BCUT2D eigenvalue weighted by Crippen LogP contribution is 2.36. The number of allylic oxidation sites excluding steroid dienone is 2. The van der Waals surface area contributed by atoms with Crippen LogP contribution >= 0.6 is 11.3 Å². The van der Waals surface area contributed by atoms with Crippen molar-refractivity contribution in [2.75, 3.05) is 22.7 Å². The van der Waals surface area contributed by atoms with Crippen LogP contribution in [0.3, 0.4) is 0 Å². The van der Waals surface area contributed by atoms with Crippen molar-refractivity contribution in [1.82, 2.24) is 9.88 Å². The molecule has 0 spiro atoms. The van der Waals surface area contributed by atoms with Crippen LogP contribution in [0.1, 0.15) is 36.8 Å². The van der Waals surface area contributed by atoms with Crippen molar-refractivity contribution in [2.45, 2.75) is 50.3 Å². The molecule has 32 heavy (non-hydrogen) atoms. The van der Waals surface area contributed by atoms with E-state index in [1.807, 2.05) is 17.0 Å². The number of benzene rings is 1. The van der Waals surface area contributed by atoms with Gasteiger partial charge in [0.2, 0.25) is 15.9 Å². The Morgan fingerprint density at radius 1 is 1.22 bits per heavy atom. The van der Waals surface area contributed by atoms with Crippen LogP contribution in [0.15, 0.2) is 35.5 Å². The Kier molecular flexibility index (Phi) is 5.45. The highest BCUT2D eigenvalue weighted by molar-refractivity contribution is 7.93. The molecule has 1 amide bonds. The number of rotatable bonds is 5. The van der Waals surface area contributed by atoms with E-state index in [1.54, 1.807) is 29.5 Å². The molecule has 2 aliphatic heterocycles. The molecule has 0 radical (unpaired) electrons. The van der Waals surface area contributed by atoms with Gasteiger partial charge in [-0.05, 0) is 56.2 Å². The number of aryl methyl sites for hydroxylation is 1. The van der Waals surface area contributed by atoms with Crippen LogP contribution in [-0.2, 0) is 21.2 Å². The molecule has 1 aromatic carbocycles. The van der Waals surface area contributed by atoms with Gasteiger partial charge in [0.25, 0.3) is 0 Å². The molecule has 1 N–H and O–H groups in total. The van der Waals surface area contributed by atoms with Crippen molar-refractivity contribution in [3.63, 3.8) is 0 Å². The zero-order chi connectivity index (χ0) is 22.5.